The summed E-state index contributed by atoms with van der Waals surface area (Å²) in [6.45, 7) is 0. The Morgan fingerprint density at radius 1 is 0.457 bits per heavy atom. The first-order chi connectivity index (χ1) is 17.3. The Hall–Kier alpha value is -4.70. The Morgan fingerprint density at radius 2 is 0.914 bits per heavy atom. The molecule has 35 heavy (non-hydrogen) atoms. The van der Waals surface area contributed by atoms with Crippen LogP contribution in [0.2, 0.25) is 0 Å². The van der Waals surface area contributed by atoms with Gasteiger partial charge in [-0.1, -0.05) is 36.4 Å². The van der Waals surface area contributed by atoms with Crippen LogP contribution in [0, 0.1) is 0 Å². The first-order valence-corrected chi connectivity index (χ1v) is 11.5. The van der Waals surface area contributed by atoms with Gasteiger partial charge < -0.3 is 18.8 Å². The first kappa shape index (κ1) is 20.9. The summed E-state index contributed by atoms with van der Waals surface area (Å²) in [5.41, 5.74) is 3.23. The molecule has 4 heteroatoms. The average molecular weight is 458 g/mol. The van der Waals surface area contributed by atoms with Crippen molar-refractivity contribution in [1.82, 2.24) is 4.57 Å². The predicted octanol–water partition coefficient (Wildman–Crippen LogP) is 8.38. The summed E-state index contributed by atoms with van der Waals surface area (Å²) in [6.07, 6.45) is 0. The normalized spacial score (nSPS) is 11.0. The van der Waals surface area contributed by atoms with E-state index in [1.807, 2.05) is 84.9 Å². The van der Waals surface area contributed by atoms with Gasteiger partial charge in [0, 0.05) is 16.5 Å². The van der Waals surface area contributed by atoms with E-state index in [1.165, 1.54) is 0 Å². The first-order valence-electron chi connectivity index (χ1n) is 11.5. The molecule has 170 valence electrons. The smallest absolute Gasteiger partial charge is 0.128 e. The van der Waals surface area contributed by atoms with Crippen LogP contribution in [-0.2, 0) is 0 Å². The van der Waals surface area contributed by atoms with Crippen LogP contribution in [-0.4, -0.2) is 11.7 Å². The number of hydrogen-bond donors (Lipinski definition) is 0. The third-order valence-corrected chi connectivity index (χ3v) is 6.00. The molecule has 0 saturated heterocycles. The lowest BCUT2D eigenvalue weighted by atomic mass is 10.1. The highest BCUT2D eigenvalue weighted by atomic mass is 16.5. The minimum absolute atomic E-state index is 0.784. The fourth-order valence-corrected chi connectivity index (χ4v) is 4.37. The maximum absolute atomic E-state index is 6.15. The van der Waals surface area contributed by atoms with Crippen molar-refractivity contribution < 1.29 is 14.2 Å². The molecule has 0 aliphatic rings. The zero-order chi connectivity index (χ0) is 23.6. The van der Waals surface area contributed by atoms with Crippen molar-refractivity contribution in [3.8, 4) is 34.4 Å². The SMILES string of the molecule is COc1ccc(-n2c3ccc(Oc4ccccc4)cc3c3cc(Oc4ccccc4)ccc32)cc1. The molecule has 0 aliphatic carbocycles. The number of ether oxygens (including phenoxy) is 3. The molecule has 1 heterocycles. The standard InChI is InChI=1S/C31H23NO3/c1-33-23-14-12-22(13-15-23)32-30-18-16-26(34-24-8-4-2-5-9-24)20-28(30)29-21-27(17-19-31(29)32)35-25-10-6-3-7-11-25/h2-21H,1H3. The van der Waals surface area contributed by atoms with Crippen molar-refractivity contribution in [2.24, 2.45) is 0 Å². The summed E-state index contributed by atoms with van der Waals surface area (Å²) >= 11 is 0. The van der Waals surface area contributed by atoms with Gasteiger partial charge in [-0.3, -0.25) is 0 Å². The number of hydrogen-bond acceptors (Lipinski definition) is 3. The summed E-state index contributed by atoms with van der Waals surface area (Å²) < 4.78 is 19.9. The molecule has 0 bridgehead atoms. The maximum atomic E-state index is 6.15. The Bertz CT molecular complexity index is 1510. The largest absolute Gasteiger partial charge is 0.497 e. The molecule has 6 aromatic rings. The van der Waals surface area contributed by atoms with Crippen LogP contribution in [0.3, 0.4) is 0 Å². The topological polar surface area (TPSA) is 32.6 Å². The molecular weight excluding hydrogens is 434 g/mol. The highest BCUT2D eigenvalue weighted by Crippen LogP contribution is 2.38. The van der Waals surface area contributed by atoms with Crippen LogP contribution >= 0.6 is 0 Å². The van der Waals surface area contributed by atoms with E-state index in [4.69, 9.17) is 14.2 Å². The third kappa shape index (κ3) is 4.06. The zero-order valence-corrected chi connectivity index (χ0v) is 19.2. The number of aromatic nitrogens is 1. The van der Waals surface area contributed by atoms with Crippen LogP contribution < -0.4 is 14.2 Å². The highest BCUT2D eigenvalue weighted by Gasteiger charge is 2.15. The molecule has 6 rings (SSSR count). The van der Waals surface area contributed by atoms with E-state index in [2.05, 4.69) is 41.0 Å². The molecule has 0 atom stereocenters. The lowest BCUT2D eigenvalue weighted by Gasteiger charge is -2.10. The molecule has 0 unspecified atom stereocenters. The highest BCUT2D eigenvalue weighted by molar-refractivity contribution is 6.10. The van der Waals surface area contributed by atoms with E-state index in [9.17, 15) is 0 Å². The quantitative estimate of drug-likeness (QED) is 0.252. The monoisotopic (exact) mass is 457 g/mol. The molecular formula is C31H23NO3. The van der Waals surface area contributed by atoms with Gasteiger partial charge in [0.15, 0.2) is 0 Å². The third-order valence-electron chi connectivity index (χ3n) is 6.00. The van der Waals surface area contributed by atoms with E-state index in [0.29, 0.717) is 0 Å². The van der Waals surface area contributed by atoms with Gasteiger partial charge in [-0.15, -0.1) is 0 Å². The Labute approximate surface area is 203 Å². The van der Waals surface area contributed by atoms with Gasteiger partial charge in [-0.25, -0.2) is 0 Å². The Morgan fingerprint density at radius 3 is 1.37 bits per heavy atom. The van der Waals surface area contributed by atoms with Gasteiger partial charge in [0.05, 0.1) is 18.1 Å². The van der Waals surface area contributed by atoms with E-state index in [0.717, 1.165) is 56.2 Å². The van der Waals surface area contributed by atoms with Gasteiger partial charge in [0.1, 0.15) is 28.7 Å². The van der Waals surface area contributed by atoms with Crippen molar-refractivity contribution >= 4 is 21.8 Å². The minimum Gasteiger partial charge on any atom is -0.497 e. The number of nitrogens with zero attached hydrogens (tertiary/aromatic N) is 1. The number of methoxy groups -OCH3 is 1. The summed E-state index contributed by atoms with van der Waals surface area (Å²) in [7, 11) is 1.68. The minimum atomic E-state index is 0.784. The molecule has 0 amide bonds. The van der Waals surface area contributed by atoms with Crippen molar-refractivity contribution in [3.63, 3.8) is 0 Å². The van der Waals surface area contributed by atoms with Crippen LogP contribution in [0.1, 0.15) is 0 Å². The van der Waals surface area contributed by atoms with Crippen LogP contribution in [0.15, 0.2) is 121 Å². The molecule has 0 saturated carbocycles. The summed E-state index contributed by atoms with van der Waals surface area (Å²) in [5, 5.41) is 2.17. The molecule has 0 spiro atoms. The molecule has 4 nitrogen and oxygen atoms in total. The fraction of sp³-hybridized carbons (Fsp3) is 0.0323. The molecule has 0 radical (unpaired) electrons. The number of fused-ring (bicyclic) bond motifs is 3. The van der Waals surface area contributed by atoms with Crippen molar-refractivity contribution in [2.45, 2.75) is 0 Å². The lowest BCUT2D eigenvalue weighted by molar-refractivity contribution is 0.415. The van der Waals surface area contributed by atoms with Crippen molar-refractivity contribution in [1.29, 1.82) is 0 Å². The fourth-order valence-electron chi connectivity index (χ4n) is 4.37. The predicted molar refractivity (Wildman–Crippen MR) is 140 cm³/mol. The van der Waals surface area contributed by atoms with Gasteiger partial charge in [-0.2, -0.15) is 0 Å². The van der Waals surface area contributed by atoms with Gasteiger partial charge >= 0.3 is 0 Å². The van der Waals surface area contributed by atoms with E-state index in [-0.39, 0.29) is 0 Å². The molecule has 0 aliphatic heterocycles. The average Bonchev–Trinajstić information content (AvgIpc) is 3.23. The maximum Gasteiger partial charge on any atom is 0.128 e. The number of rotatable bonds is 6. The van der Waals surface area contributed by atoms with E-state index < -0.39 is 0 Å². The number of para-hydroxylation sites is 2. The molecule has 0 N–H and O–H groups in total. The molecule has 0 fully saturated rings. The van der Waals surface area contributed by atoms with Gasteiger partial charge in [0.2, 0.25) is 0 Å². The Balaban J connectivity index is 1.52. The zero-order valence-electron chi connectivity index (χ0n) is 19.2. The second-order valence-corrected chi connectivity index (χ2v) is 8.22. The van der Waals surface area contributed by atoms with Crippen LogP contribution in [0.25, 0.3) is 27.5 Å². The second kappa shape index (κ2) is 8.92. The van der Waals surface area contributed by atoms with E-state index in [1.54, 1.807) is 7.11 Å². The molecule has 1 aromatic heterocycles. The second-order valence-electron chi connectivity index (χ2n) is 8.22. The lowest BCUT2D eigenvalue weighted by Crippen LogP contribution is -1.94. The van der Waals surface area contributed by atoms with Gasteiger partial charge in [-0.05, 0) is 84.9 Å². The number of benzene rings is 5. The summed E-state index contributed by atoms with van der Waals surface area (Å²) in [4.78, 5) is 0. The van der Waals surface area contributed by atoms with Crippen LogP contribution in [0.5, 0.6) is 28.7 Å². The summed E-state index contributed by atoms with van der Waals surface area (Å²) in [6, 6.07) is 40.2. The molecule has 5 aromatic carbocycles. The van der Waals surface area contributed by atoms with Crippen molar-refractivity contribution in [3.05, 3.63) is 121 Å². The van der Waals surface area contributed by atoms with Crippen LogP contribution in [0.4, 0.5) is 0 Å². The van der Waals surface area contributed by atoms with Crippen molar-refractivity contribution in [2.75, 3.05) is 7.11 Å². The summed E-state index contributed by atoms with van der Waals surface area (Å²) in [5.74, 6) is 4.00. The van der Waals surface area contributed by atoms with E-state index >= 15 is 0 Å². The van der Waals surface area contributed by atoms with Gasteiger partial charge in [0.25, 0.3) is 0 Å². The Kier molecular flexibility index (Phi) is 5.32.